The van der Waals surface area contributed by atoms with Crippen LogP contribution >= 0.6 is 11.3 Å². The Morgan fingerprint density at radius 2 is 2.14 bits per heavy atom. The van der Waals surface area contributed by atoms with Crippen molar-refractivity contribution in [1.82, 2.24) is 15.4 Å². The average molecular weight is 323 g/mol. The van der Waals surface area contributed by atoms with Gasteiger partial charge < -0.3 is 11.1 Å². The van der Waals surface area contributed by atoms with Crippen LogP contribution in [-0.4, -0.2) is 48.7 Å². The molecule has 1 aliphatic heterocycles. The van der Waals surface area contributed by atoms with Crippen LogP contribution in [0, 0.1) is 0 Å². The summed E-state index contributed by atoms with van der Waals surface area (Å²) in [6.07, 6.45) is 5.46. The fraction of sp³-hybridized carbons (Fsp3) is 0.733. The highest BCUT2D eigenvalue weighted by Gasteiger charge is 2.23. The van der Waals surface area contributed by atoms with E-state index in [2.05, 4.69) is 10.3 Å². The van der Waals surface area contributed by atoms with Gasteiger partial charge in [-0.3, -0.25) is 9.83 Å². The molecule has 7 heteroatoms. The maximum atomic E-state index is 6.19. The van der Waals surface area contributed by atoms with Crippen molar-refractivity contribution < 1.29 is 4.84 Å². The first-order valence-corrected chi connectivity index (χ1v) is 8.80. The van der Waals surface area contributed by atoms with E-state index in [9.17, 15) is 0 Å². The molecule has 2 heterocycles. The van der Waals surface area contributed by atoms with Gasteiger partial charge in [-0.1, -0.05) is 0 Å². The quantitative estimate of drug-likeness (QED) is 0.496. The van der Waals surface area contributed by atoms with Gasteiger partial charge in [0, 0.05) is 38.5 Å². The van der Waals surface area contributed by atoms with Crippen molar-refractivity contribution in [3.63, 3.8) is 0 Å². The molecule has 0 bridgehead atoms. The van der Waals surface area contributed by atoms with Crippen molar-refractivity contribution in [2.45, 2.75) is 50.8 Å². The van der Waals surface area contributed by atoms with Crippen LogP contribution in [0.2, 0.25) is 0 Å². The highest BCUT2D eigenvalue weighted by molar-refractivity contribution is 7.13. The van der Waals surface area contributed by atoms with Gasteiger partial charge in [-0.25, -0.2) is 4.98 Å². The van der Waals surface area contributed by atoms with Gasteiger partial charge in [0.15, 0.2) is 10.8 Å². The molecule has 1 fully saturated rings. The number of amidine groups is 1. The fourth-order valence-electron chi connectivity index (χ4n) is 3.06. The third kappa shape index (κ3) is 3.84. The normalized spacial score (nSPS) is 26.2. The SMILES string of the molecule is CN(C)OC1CCC(N=C(N)c2nc3c(s2)CNCC3)CC1. The predicted molar refractivity (Wildman–Crippen MR) is 89.1 cm³/mol. The Morgan fingerprint density at radius 1 is 1.36 bits per heavy atom. The molecule has 1 saturated carbocycles. The van der Waals surface area contributed by atoms with Gasteiger partial charge in [-0.05, 0) is 25.7 Å². The number of nitrogens with one attached hydrogen (secondary N) is 1. The largest absolute Gasteiger partial charge is 0.381 e. The molecule has 122 valence electrons. The van der Waals surface area contributed by atoms with Crippen LogP contribution in [-0.2, 0) is 17.8 Å². The maximum Gasteiger partial charge on any atom is 0.158 e. The zero-order valence-corrected chi connectivity index (χ0v) is 14.2. The monoisotopic (exact) mass is 323 g/mol. The van der Waals surface area contributed by atoms with E-state index >= 15 is 0 Å². The average Bonchev–Trinajstić information content (AvgIpc) is 2.93. The fourth-order valence-corrected chi connectivity index (χ4v) is 4.05. The van der Waals surface area contributed by atoms with Crippen LogP contribution in [0.1, 0.15) is 41.3 Å². The molecule has 1 aliphatic carbocycles. The first kappa shape index (κ1) is 15.9. The Labute approximate surface area is 135 Å². The predicted octanol–water partition coefficient (Wildman–Crippen LogP) is 1.30. The van der Waals surface area contributed by atoms with Crippen LogP contribution < -0.4 is 11.1 Å². The first-order chi connectivity index (χ1) is 10.6. The van der Waals surface area contributed by atoms with Gasteiger partial charge in [-0.2, -0.15) is 5.06 Å². The molecule has 0 amide bonds. The molecule has 3 rings (SSSR count). The van der Waals surface area contributed by atoms with Crippen molar-refractivity contribution in [3.8, 4) is 0 Å². The number of hydrogen-bond acceptors (Lipinski definition) is 6. The molecule has 1 aromatic heterocycles. The van der Waals surface area contributed by atoms with Gasteiger partial charge in [-0.15, -0.1) is 11.3 Å². The van der Waals surface area contributed by atoms with Gasteiger partial charge in [0.25, 0.3) is 0 Å². The molecular formula is C15H25N5OS. The number of hydrogen-bond donors (Lipinski definition) is 2. The molecule has 1 aromatic rings. The molecule has 2 aliphatic rings. The summed E-state index contributed by atoms with van der Waals surface area (Å²) in [5.74, 6) is 0.608. The molecule has 6 nitrogen and oxygen atoms in total. The lowest BCUT2D eigenvalue weighted by atomic mass is 9.93. The highest BCUT2D eigenvalue weighted by Crippen LogP contribution is 2.25. The molecule has 0 atom stereocenters. The molecule has 0 radical (unpaired) electrons. The summed E-state index contributed by atoms with van der Waals surface area (Å²) in [5.41, 5.74) is 7.39. The van der Waals surface area contributed by atoms with E-state index in [1.165, 1.54) is 10.6 Å². The standard InChI is InChI=1S/C15H25N5OS/c1-20(2)21-11-5-3-10(4-6-11)18-14(16)15-19-12-7-8-17-9-13(12)22-15/h10-11,17H,3-9H2,1-2H3,(H2,16,18). The zero-order valence-electron chi connectivity index (χ0n) is 13.3. The number of thiazole rings is 1. The molecule has 0 saturated heterocycles. The third-order valence-electron chi connectivity index (χ3n) is 4.15. The minimum absolute atomic E-state index is 0.307. The highest BCUT2D eigenvalue weighted by atomic mass is 32.1. The zero-order chi connectivity index (χ0) is 15.5. The Bertz CT molecular complexity index is 511. The number of fused-ring (bicyclic) bond motifs is 1. The summed E-state index contributed by atoms with van der Waals surface area (Å²) < 4.78 is 0. The summed E-state index contributed by atoms with van der Waals surface area (Å²) in [7, 11) is 3.86. The van der Waals surface area contributed by atoms with Crippen molar-refractivity contribution >= 4 is 17.2 Å². The summed E-state index contributed by atoms with van der Waals surface area (Å²) in [4.78, 5) is 16.4. The second kappa shape index (κ2) is 7.04. The summed E-state index contributed by atoms with van der Waals surface area (Å²) in [6.45, 7) is 1.91. The van der Waals surface area contributed by atoms with Gasteiger partial charge in [0.05, 0.1) is 17.8 Å². The number of aliphatic imine (C=N–C) groups is 1. The molecule has 0 spiro atoms. The molecule has 0 aromatic carbocycles. The molecule has 0 unspecified atom stereocenters. The number of nitrogens with zero attached hydrogens (tertiary/aromatic N) is 3. The van der Waals surface area contributed by atoms with Crippen molar-refractivity contribution in [2.24, 2.45) is 10.7 Å². The van der Waals surface area contributed by atoms with Crippen LogP contribution in [0.25, 0.3) is 0 Å². The Balaban J connectivity index is 1.59. The van der Waals surface area contributed by atoms with E-state index in [1.54, 1.807) is 16.4 Å². The maximum absolute atomic E-state index is 6.19. The van der Waals surface area contributed by atoms with Crippen LogP contribution in [0.5, 0.6) is 0 Å². The lowest BCUT2D eigenvalue weighted by Gasteiger charge is -2.28. The minimum atomic E-state index is 0.307. The summed E-state index contributed by atoms with van der Waals surface area (Å²) in [5, 5.41) is 6.04. The van der Waals surface area contributed by atoms with Gasteiger partial charge >= 0.3 is 0 Å². The van der Waals surface area contributed by atoms with Crippen molar-refractivity contribution in [2.75, 3.05) is 20.6 Å². The minimum Gasteiger partial charge on any atom is -0.381 e. The van der Waals surface area contributed by atoms with E-state index in [-0.39, 0.29) is 0 Å². The van der Waals surface area contributed by atoms with Crippen molar-refractivity contribution in [1.29, 1.82) is 0 Å². The van der Waals surface area contributed by atoms with E-state index in [0.717, 1.165) is 50.2 Å². The van der Waals surface area contributed by atoms with E-state index in [0.29, 0.717) is 18.0 Å². The number of aromatic nitrogens is 1. The third-order valence-corrected chi connectivity index (χ3v) is 5.27. The van der Waals surface area contributed by atoms with Crippen LogP contribution in [0.4, 0.5) is 0 Å². The number of hydroxylamine groups is 2. The smallest absolute Gasteiger partial charge is 0.158 e. The topological polar surface area (TPSA) is 75.8 Å². The molecule has 22 heavy (non-hydrogen) atoms. The molecule has 3 N–H and O–H groups in total. The number of nitrogens with two attached hydrogens (primary N) is 1. The second-order valence-corrected chi connectivity index (χ2v) is 7.26. The lowest BCUT2D eigenvalue weighted by molar-refractivity contribution is -0.173. The van der Waals surface area contributed by atoms with E-state index in [1.807, 2.05) is 14.1 Å². The summed E-state index contributed by atoms with van der Waals surface area (Å²) in [6, 6.07) is 0.307. The Morgan fingerprint density at radius 3 is 2.82 bits per heavy atom. The van der Waals surface area contributed by atoms with Crippen LogP contribution in [0.3, 0.4) is 0 Å². The molecular weight excluding hydrogens is 298 g/mol. The number of rotatable bonds is 4. The first-order valence-electron chi connectivity index (χ1n) is 7.99. The van der Waals surface area contributed by atoms with Gasteiger partial charge in [0.1, 0.15) is 0 Å². The van der Waals surface area contributed by atoms with Crippen molar-refractivity contribution in [3.05, 3.63) is 15.6 Å². The van der Waals surface area contributed by atoms with Crippen LogP contribution in [0.15, 0.2) is 4.99 Å². The Hall–Kier alpha value is -1.02. The Kier molecular flexibility index (Phi) is 5.07. The summed E-state index contributed by atoms with van der Waals surface area (Å²) >= 11 is 1.68. The van der Waals surface area contributed by atoms with Gasteiger partial charge in [0.2, 0.25) is 0 Å². The second-order valence-electron chi connectivity index (χ2n) is 6.18. The van der Waals surface area contributed by atoms with E-state index in [4.69, 9.17) is 15.6 Å². The lowest BCUT2D eigenvalue weighted by Crippen LogP contribution is -2.30. The van der Waals surface area contributed by atoms with E-state index < -0.39 is 0 Å².